The second-order valence-electron chi connectivity index (χ2n) is 5.89. The summed E-state index contributed by atoms with van der Waals surface area (Å²) in [6.07, 6.45) is -6.85. The molecule has 20 nitrogen and oxygen atoms in total. The molecular formula is C9H15N4O16P3. The zero-order valence-corrected chi connectivity index (χ0v) is 17.8. The first kappa shape index (κ1) is 26.6. The number of phosphoric ester groups is 1. The zero-order valence-electron chi connectivity index (χ0n) is 15.1. The number of rotatable bonds is 9. The predicted octanol–water partition coefficient (Wildman–Crippen LogP) is -2.30. The van der Waals surface area contributed by atoms with Crippen LogP contribution in [0.1, 0.15) is 6.23 Å². The molecule has 6 unspecified atom stereocenters. The number of anilines is 1. The summed E-state index contributed by atoms with van der Waals surface area (Å²) in [7, 11) is -17.0. The van der Waals surface area contributed by atoms with Gasteiger partial charge in [-0.3, -0.25) is 19.2 Å². The Morgan fingerprint density at radius 3 is 2.28 bits per heavy atom. The van der Waals surface area contributed by atoms with Gasteiger partial charge in [0.05, 0.1) is 17.7 Å². The summed E-state index contributed by atoms with van der Waals surface area (Å²) in [6, 6.07) is 0. The summed E-state index contributed by atoms with van der Waals surface area (Å²) in [5.74, 6) is -0.742. The van der Waals surface area contributed by atoms with Crippen LogP contribution >= 0.6 is 23.5 Å². The van der Waals surface area contributed by atoms with Gasteiger partial charge in [0.2, 0.25) is 5.82 Å². The van der Waals surface area contributed by atoms with Gasteiger partial charge < -0.3 is 40.3 Å². The van der Waals surface area contributed by atoms with Gasteiger partial charge in [0.15, 0.2) is 6.23 Å². The Bertz CT molecular complexity index is 1090. The van der Waals surface area contributed by atoms with E-state index in [-0.39, 0.29) is 0 Å². The molecule has 1 aliphatic rings. The number of aliphatic hydroxyl groups is 2. The third-order valence-corrected chi connectivity index (χ3v) is 7.39. The molecule has 2 rings (SSSR count). The lowest BCUT2D eigenvalue weighted by Crippen LogP contribution is -2.36. The summed E-state index contributed by atoms with van der Waals surface area (Å²) in [5.41, 5.74) is 3.18. The molecule has 23 heteroatoms. The van der Waals surface area contributed by atoms with Crippen LogP contribution in [0.4, 0.5) is 11.5 Å². The van der Waals surface area contributed by atoms with Crippen molar-refractivity contribution in [3.8, 4) is 0 Å². The molecule has 1 aromatic heterocycles. The second-order valence-corrected chi connectivity index (χ2v) is 10.3. The fraction of sp³-hybridized carbons (Fsp3) is 0.556. The fourth-order valence-electron chi connectivity index (χ4n) is 2.36. The molecule has 0 bridgehead atoms. The van der Waals surface area contributed by atoms with Crippen LogP contribution < -0.4 is 11.4 Å². The van der Waals surface area contributed by atoms with Crippen molar-refractivity contribution >= 4 is 35.0 Å². The van der Waals surface area contributed by atoms with E-state index in [2.05, 4.69) is 18.1 Å². The summed E-state index contributed by atoms with van der Waals surface area (Å²) in [4.78, 5) is 60.4. The number of aliphatic hydroxyl groups excluding tert-OH is 2. The van der Waals surface area contributed by atoms with Crippen LogP contribution in [0.2, 0.25) is 0 Å². The lowest BCUT2D eigenvalue weighted by Gasteiger charge is -2.19. The van der Waals surface area contributed by atoms with Crippen LogP contribution in [0.5, 0.6) is 0 Å². The third kappa shape index (κ3) is 6.69. The Labute approximate surface area is 175 Å². The van der Waals surface area contributed by atoms with E-state index in [1.54, 1.807) is 0 Å². The van der Waals surface area contributed by atoms with Crippen LogP contribution in [0, 0.1) is 10.1 Å². The van der Waals surface area contributed by atoms with E-state index in [0.717, 1.165) is 0 Å². The Morgan fingerprint density at radius 1 is 1.16 bits per heavy atom. The van der Waals surface area contributed by atoms with Gasteiger partial charge >= 0.3 is 34.8 Å². The Morgan fingerprint density at radius 2 is 1.75 bits per heavy atom. The van der Waals surface area contributed by atoms with E-state index in [4.69, 9.17) is 25.2 Å². The fourth-order valence-corrected chi connectivity index (χ4v) is 5.39. The maximum Gasteiger partial charge on any atom is 0.490 e. The van der Waals surface area contributed by atoms with E-state index in [1.165, 1.54) is 0 Å². The van der Waals surface area contributed by atoms with Crippen LogP contribution in [0.25, 0.3) is 0 Å². The Kier molecular flexibility index (Phi) is 7.75. The molecule has 1 fully saturated rings. The molecule has 1 aliphatic heterocycles. The molecule has 2 heterocycles. The normalized spacial score (nSPS) is 27.6. The number of hydrogen-bond donors (Lipinski definition) is 7. The minimum atomic E-state index is -5.79. The summed E-state index contributed by atoms with van der Waals surface area (Å²) in [5, 5.41) is 31.0. The van der Waals surface area contributed by atoms with Gasteiger partial charge in [0.25, 0.3) is 0 Å². The standard InChI is InChI=1S/C9H15N4O16P3/c10-7-3(13(17)18)1-12(9(16)11-7)8-6(15)5(14)4(27-8)2-26-31(22,23)29-32(24,25)28-30(19,20)21/h1,4-6,8,14-15H,2H2,(H,22,23)(H,24,25)(H2,10,11,16)(H2,19,20,21). The zero-order chi connectivity index (χ0) is 24.6. The molecule has 0 amide bonds. The molecular weight excluding hydrogens is 513 g/mol. The van der Waals surface area contributed by atoms with E-state index >= 15 is 0 Å². The molecule has 1 saturated heterocycles. The van der Waals surface area contributed by atoms with Gasteiger partial charge in [0.1, 0.15) is 18.3 Å². The van der Waals surface area contributed by atoms with Crippen molar-refractivity contribution in [1.82, 2.24) is 9.55 Å². The molecule has 6 atom stereocenters. The van der Waals surface area contributed by atoms with Crippen molar-refractivity contribution in [3.63, 3.8) is 0 Å². The lowest BCUT2D eigenvalue weighted by atomic mass is 10.1. The molecule has 8 N–H and O–H groups in total. The first-order valence-electron chi connectivity index (χ1n) is 7.75. The summed E-state index contributed by atoms with van der Waals surface area (Å²) >= 11 is 0. The van der Waals surface area contributed by atoms with Crippen molar-refractivity contribution < 1.29 is 66.3 Å². The highest BCUT2D eigenvalue weighted by molar-refractivity contribution is 7.66. The molecule has 182 valence electrons. The number of aromatic nitrogens is 2. The van der Waals surface area contributed by atoms with Crippen molar-refractivity contribution in [2.75, 3.05) is 12.3 Å². The number of nitrogens with two attached hydrogens (primary N) is 1. The van der Waals surface area contributed by atoms with Gasteiger partial charge in [-0.25, -0.2) is 18.5 Å². The van der Waals surface area contributed by atoms with E-state index in [0.29, 0.717) is 10.8 Å². The first-order valence-corrected chi connectivity index (χ1v) is 12.3. The maximum absolute atomic E-state index is 12.0. The van der Waals surface area contributed by atoms with Gasteiger partial charge in [-0.2, -0.15) is 13.6 Å². The molecule has 1 aromatic rings. The second kappa shape index (κ2) is 9.32. The van der Waals surface area contributed by atoms with E-state index in [9.17, 15) is 43.7 Å². The van der Waals surface area contributed by atoms with Crippen LogP contribution in [0.3, 0.4) is 0 Å². The Hall–Kier alpha value is -1.63. The predicted molar refractivity (Wildman–Crippen MR) is 95.3 cm³/mol. The average Bonchev–Trinajstić information content (AvgIpc) is 2.85. The third-order valence-electron chi connectivity index (χ3n) is 3.59. The number of ether oxygens (including phenoxy) is 1. The molecule has 0 saturated carbocycles. The topological polar surface area (TPSA) is 314 Å². The minimum absolute atomic E-state index is 0.410. The monoisotopic (exact) mass is 528 g/mol. The number of phosphoric acid groups is 3. The van der Waals surface area contributed by atoms with Crippen molar-refractivity contribution in [1.29, 1.82) is 0 Å². The molecule has 0 aliphatic carbocycles. The van der Waals surface area contributed by atoms with Crippen molar-refractivity contribution in [2.45, 2.75) is 24.5 Å². The lowest BCUT2D eigenvalue weighted by molar-refractivity contribution is -0.384. The number of nitrogens with zero attached hydrogens (tertiary/aromatic N) is 3. The highest BCUT2D eigenvalue weighted by Gasteiger charge is 2.47. The highest BCUT2D eigenvalue weighted by Crippen LogP contribution is 2.66. The van der Waals surface area contributed by atoms with E-state index in [1.807, 2.05) is 0 Å². The molecule has 0 aromatic carbocycles. The van der Waals surface area contributed by atoms with E-state index < -0.39 is 76.7 Å². The van der Waals surface area contributed by atoms with Gasteiger partial charge in [-0.15, -0.1) is 0 Å². The van der Waals surface area contributed by atoms with Crippen molar-refractivity contribution in [2.24, 2.45) is 0 Å². The number of nitro groups is 1. The number of hydrogen-bond acceptors (Lipinski definition) is 14. The van der Waals surface area contributed by atoms with Gasteiger partial charge in [-0.1, -0.05) is 0 Å². The average molecular weight is 528 g/mol. The Balaban J connectivity index is 2.15. The molecule has 32 heavy (non-hydrogen) atoms. The summed E-state index contributed by atoms with van der Waals surface area (Å²) in [6.45, 7) is -1.16. The van der Waals surface area contributed by atoms with Crippen LogP contribution in [-0.2, 0) is 31.6 Å². The quantitative estimate of drug-likeness (QED) is 0.101. The highest BCUT2D eigenvalue weighted by atomic mass is 31.3. The van der Waals surface area contributed by atoms with Gasteiger partial charge in [-0.05, 0) is 0 Å². The van der Waals surface area contributed by atoms with Crippen molar-refractivity contribution in [3.05, 3.63) is 26.8 Å². The number of nitrogen functional groups attached to an aromatic ring is 1. The maximum atomic E-state index is 12.0. The summed E-state index contributed by atoms with van der Waals surface area (Å²) < 4.78 is 50.3. The SMILES string of the molecule is Nc1nc(=O)n(C2OC(COP(=O)(O)OP(=O)(O)OP(=O)(O)O)C(O)C2O)cc1[N+](=O)[O-]. The molecule has 0 spiro atoms. The van der Waals surface area contributed by atoms with Crippen LogP contribution in [-0.4, -0.2) is 69.2 Å². The largest absolute Gasteiger partial charge is 0.490 e. The smallest absolute Gasteiger partial charge is 0.387 e. The first-order chi connectivity index (χ1) is 14.4. The van der Waals surface area contributed by atoms with Crippen LogP contribution in [0.15, 0.2) is 11.0 Å². The minimum Gasteiger partial charge on any atom is -0.387 e. The molecule has 0 radical (unpaired) electrons. The van der Waals surface area contributed by atoms with Gasteiger partial charge in [0, 0.05) is 0 Å².